The Morgan fingerprint density at radius 1 is 1.08 bits per heavy atom. The number of pyridine rings is 1. The lowest BCUT2D eigenvalue weighted by Gasteiger charge is -2.08. The Morgan fingerprint density at radius 2 is 1.92 bits per heavy atom. The van der Waals surface area contributed by atoms with E-state index in [1.807, 2.05) is 12.1 Å². The molecule has 3 aromatic rings. The summed E-state index contributed by atoms with van der Waals surface area (Å²) in [6, 6.07) is 16.1. The molecule has 4 rings (SSSR count). The van der Waals surface area contributed by atoms with Crippen LogP contribution in [0.15, 0.2) is 67.0 Å². The zero-order chi connectivity index (χ0) is 17.8. The average molecular weight is 348 g/mol. The first-order chi connectivity index (χ1) is 12.8. The molecule has 0 fully saturated rings. The van der Waals surface area contributed by atoms with Crippen LogP contribution in [0.3, 0.4) is 0 Å². The minimum absolute atomic E-state index is 0.202. The van der Waals surface area contributed by atoms with Gasteiger partial charge in [0, 0.05) is 35.3 Å². The summed E-state index contributed by atoms with van der Waals surface area (Å²) in [4.78, 5) is 16.4. The highest BCUT2D eigenvalue weighted by molar-refractivity contribution is 6.04. The molecule has 6 heteroatoms. The number of nitrogens with zero attached hydrogens (tertiary/aromatic N) is 1. The average Bonchev–Trinajstić information content (AvgIpc) is 3.15. The van der Waals surface area contributed by atoms with Crippen LogP contribution in [0.1, 0.15) is 15.9 Å². The van der Waals surface area contributed by atoms with Crippen LogP contribution in [0.5, 0.6) is 17.2 Å². The minimum atomic E-state index is -0.206. The highest BCUT2D eigenvalue weighted by Gasteiger charge is 2.14. The lowest BCUT2D eigenvalue weighted by molar-refractivity contribution is 0.102. The van der Waals surface area contributed by atoms with Gasteiger partial charge in [-0.1, -0.05) is 6.07 Å². The molecule has 1 aliphatic heterocycles. The summed E-state index contributed by atoms with van der Waals surface area (Å²) >= 11 is 0. The number of hydrogen-bond acceptors (Lipinski definition) is 5. The van der Waals surface area contributed by atoms with Crippen LogP contribution in [0.25, 0.3) is 0 Å². The summed E-state index contributed by atoms with van der Waals surface area (Å²) < 4.78 is 16.3. The Morgan fingerprint density at radius 3 is 2.73 bits per heavy atom. The van der Waals surface area contributed by atoms with Crippen LogP contribution < -0.4 is 19.5 Å². The Bertz CT molecular complexity index is 911. The van der Waals surface area contributed by atoms with E-state index in [9.17, 15) is 4.79 Å². The number of rotatable bonds is 5. The lowest BCUT2D eigenvalue weighted by atomic mass is 10.2. The Labute approximate surface area is 150 Å². The molecule has 26 heavy (non-hydrogen) atoms. The molecule has 0 aliphatic carbocycles. The zero-order valence-electron chi connectivity index (χ0n) is 13.8. The van der Waals surface area contributed by atoms with Crippen LogP contribution in [-0.4, -0.2) is 17.7 Å². The number of benzene rings is 2. The first-order valence-electron chi connectivity index (χ1n) is 8.11. The maximum absolute atomic E-state index is 12.4. The zero-order valence-corrected chi connectivity index (χ0v) is 13.8. The smallest absolute Gasteiger partial charge is 0.255 e. The molecule has 0 saturated heterocycles. The van der Waals surface area contributed by atoms with Crippen molar-refractivity contribution in [2.75, 3.05) is 12.1 Å². The summed E-state index contributed by atoms with van der Waals surface area (Å²) in [6.45, 7) is 0.629. The Kier molecular flexibility index (Phi) is 4.38. The van der Waals surface area contributed by atoms with Gasteiger partial charge in [-0.15, -0.1) is 0 Å². The van der Waals surface area contributed by atoms with Crippen molar-refractivity contribution in [1.82, 2.24) is 4.98 Å². The fourth-order valence-corrected chi connectivity index (χ4v) is 2.53. The summed E-state index contributed by atoms with van der Waals surface area (Å²) in [6.07, 6.45) is 3.48. The minimum Gasteiger partial charge on any atom is -0.489 e. The summed E-state index contributed by atoms with van der Waals surface area (Å²) in [5, 5.41) is 2.84. The molecule has 1 aromatic heterocycles. The van der Waals surface area contributed by atoms with Gasteiger partial charge in [-0.05, 0) is 42.5 Å². The molecule has 0 unspecified atom stereocenters. The van der Waals surface area contributed by atoms with E-state index in [-0.39, 0.29) is 12.7 Å². The molecule has 0 saturated carbocycles. The van der Waals surface area contributed by atoms with Crippen molar-refractivity contribution in [2.24, 2.45) is 0 Å². The molecule has 6 nitrogen and oxygen atoms in total. The van der Waals surface area contributed by atoms with E-state index in [1.54, 1.807) is 54.9 Å². The molecule has 1 aliphatic rings. The largest absolute Gasteiger partial charge is 0.489 e. The van der Waals surface area contributed by atoms with Crippen molar-refractivity contribution >= 4 is 11.6 Å². The predicted octanol–water partition coefficient (Wildman–Crippen LogP) is 3.64. The van der Waals surface area contributed by atoms with E-state index >= 15 is 0 Å². The topological polar surface area (TPSA) is 69.7 Å². The summed E-state index contributed by atoms with van der Waals surface area (Å²) in [5.41, 5.74) is 2.17. The molecule has 0 spiro atoms. The van der Waals surface area contributed by atoms with E-state index in [1.165, 1.54) is 0 Å². The third kappa shape index (κ3) is 3.59. The fourth-order valence-electron chi connectivity index (χ4n) is 2.53. The molecule has 130 valence electrons. The number of hydrogen-bond donors (Lipinski definition) is 1. The van der Waals surface area contributed by atoms with Crippen molar-refractivity contribution < 1.29 is 19.0 Å². The van der Waals surface area contributed by atoms with Gasteiger partial charge in [0.1, 0.15) is 12.4 Å². The van der Waals surface area contributed by atoms with Crippen LogP contribution in [-0.2, 0) is 6.61 Å². The van der Waals surface area contributed by atoms with Crippen molar-refractivity contribution in [1.29, 1.82) is 0 Å². The van der Waals surface area contributed by atoms with E-state index in [2.05, 4.69) is 10.3 Å². The molecule has 2 heterocycles. The van der Waals surface area contributed by atoms with Crippen molar-refractivity contribution in [3.05, 3.63) is 78.1 Å². The highest BCUT2D eigenvalue weighted by Crippen LogP contribution is 2.34. The number of fused-ring (bicyclic) bond motifs is 1. The number of nitrogens with one attached hydrogen (secondary N) is 1. The van der Waals surface area contributed by atoms with E-state index in [4.69, 9.17) is 14.2 Å². The van der Waals surface area contributed by atoms with Crippen LogP contribution >= 0.6 is 0 Å². The van der Waals surface area contributed by atoms with Gasteiger partial charge in [0.05, 0.1) is 0 Å². The van der Waals surface area contributed by atoms with Gasteiger partial charge in [-0.2, -0.15) is 0 Å². The number of carbonyl (C=O) groups is 1. The molecule has 1 N–H and O–H groups in total. The van der Waals surface area contributed by atoms with Gasteiger partial charge in [-0.3, -0.25) is 9.78 Å². The summed E-state index contributed by atoms with van der Waals surface area (Å²) in [5.74, 6) is 1.79. The normalized spacial score (nSPS) is 11.8. The second-order valence-corrected chi connectivity index (χ2v) is 5.70. The van der Waals surface area contributed by atoms with Gasteiger partial charge in [0.25, 0.3) is 5.91 Å². The molecule has 0 radical (unpaired) electrons. The van der Waals surface area contributed by atoms with Crippen LogP contribution in [0.4, 0.5) is 5.69 Å². The monoisotopic (exact) mass is 348 g/mol. The van der Waals surface area contributed by atoms with Gasteiger partial charge >= 0.3 is 0 Å². The second-order valence-electron chi connectivity index (χ2n) is 5.70. The predicted molar refractivity (Wildman–Crippen MR) is 95.5 cm³/mol. The number of amides is 1. The molecule has 0 atom stereocenters. The fraction of sp³-hybridized carbons (Fsp3) is 0.100. The number of anilines is 1. The van der Waals surface area contributed by atoms with Crippen LogP contribution in [0, 0.1) is 0 Å². The van der Waals surface area contributed by atoms with Gasteiger partial charge in [0.15, 0.2) is 11.5 Å². The molecule has 0 bridgehead atoms. The first-order valence-corrected chi connectivity index (χ1v) is 8.11. The van der Waals surface area contributed by atoms with Crippen LogP contribution in [0.2, 0.25) is 0 Å². The van der Waals surface area contributed by atoms with Gasteiger partial charge in [-0.25, -0.2) is 0 Å². The maximum atomic E-state index is 12.4. The third-order valence-electron chi connectivity index (χ3n) is 3.88. The summed E-state index contributed by atoms with van der Waals surface area (Å²) in [7, 11) is 0. The van der Waals surface area contributed by atoms with E-state index in [0.29, 0.717) is 35.1 Å². The standard InChI is InChI=1S/C20H16N2O4/c23-20(22-16-5-8-18-19(10-16)26-13-25-18)15-3-6-17(7-4-15)24-12-14-2-1-9-21-11-14/h1-11H,12-13H2,(H,22,23). The lowest BCUT2D eigenvalue weighted by Crippen LogP contribution is -2.11. The van der Waals surface area contributed by atoms with Crippen molar-refractivity contribution in [2.45, 2.75) is 6.61 Å². The van der Waals surface area contributed by atoms with E-state index in [0.717, 1.165) is 5.56 Å². The highest BCUT2D eigenvalue weighted by atomic mass is 16.7. The third-order valence-corrected chi connectivity index (χ3v) is 3.88. The second kappa shape index (κ2) is 7.14. The Hall–Kier alpha value is -3.54. The molecular weight excluding hydrogens is 332 g/mol. The SMILES string of the molecule is O=C(Nc1ccc2c(c1)OCO2)c1ccc(OCc2cccnc2)cc1. The quantitative estimate of drug-likeness (QED) is 0.762. The molecular formula is C20H16N2O4. The maximum Gasteiger partial charge on any atom is 0.255 e. The number of ether oxygens (including phenoxy) is 3. The Balaban J connectivity index is 1.37. The van der Waals surface area contributed by atoms with Crippen molar-refractivity contribution in [3.8, 4) is 17.2 Å². The molecule has 2 aromatic carbocycles. The van der Waals surface area contributed by atoms with Gasteiger partial charge < -0.3 is 19.5 Å². The van der Waals surface area contributed by atoms with Gasteiger partial charge in [0.2, 0.25) is 6.79 Å². The number of carbonyl (C=O) groups excluding carboxylic acids is 1. The molecule has 1 amide bonds. The van der Waals surface area contributed by atoms with E-state index < -0.39 is 0 Å². The number of aromatic nitrogens is 1. The van der Waals surface area contributed by atoms with Crippen molar-refractivity contribution in [3.63, 3.8) is 0 Å². The first kappa shape index (κ1) is 16.0.